The first kappa shape index (κ1) is 20.0. The topological polar surface area (TPSA) is 107 Å². The van der Waals surface area contributed by atoms with E-state index in [2.05, 4.69) is 15.6 Å². The van der Waals surface area contributed by atoms with E-state index in [0.29, 0.717) is 45.7 Å². The monoisotopic (exact) mass is 450 g/mol. The van der Waals surface area contributed by atoms with E-state index < -0.39 is 0 Å². The van der Waals surface area contributed by atoms with E-state index in [9.17, 15) is 9.59 Å². The third-order valence-corrected chi connectivity index (χ3v) is 5.77. The Morgan fingerprint density at radius 1 is 1.09 bits per heavy atom. The van der Waals surface area contributed by atoms with Crippen LogP contribution in [0.5, 0.6) is 11.5 Å². The van der Waals surface area contributed by atoms with E-state index in [0.717, 1.165) is 4.90 Å². The lowest BCUT2D eigenvalue weighted by Gasteiger charge is -2.12. The first-order valence-electron chi connectivity index (χ1n) is 9.74. The Bertz CT molecular complexity index is 1380. The zero-order valence-corrected chi connectivity index (χ0v) is 17.8. The second kappa shape index (κ2) is 8.31. The van der Waals surface area contributed by atoms with Crippen molar-refractivity contribution in [3.8, 4) is 11.5 Å². The van der Waals surface area contributed by atoms with Gasteiger partial charge in [0.05, 0.1) is 11.4 Å². The Labute approximate surface area is 186 Å². The average Bonchev–Trinajstić information content (AvgIpc) is 3.38. The maximum absolute atomic E-state index is 12.5. The summed E-state index contributed by atoms with van der Waals surface area (Å²) >= 11 is 1.47. The number of rotatable bonds is 5. The average molecular weight is 450 g/mol. The molecule has 0 radical (unpaired) electrons. The number of aryl methyl sites for hydroxylation is 1. The molecule has 9 nitrogen and oxygen atoms in total. The number of benzene rings is 2. The molecule has 0 saturated carbocycles. The molecule has 32 heavy (non-hydrogen) atoms. The Morgan fingerprint density at radius 3 is 2.84 bits per heavy atom. The predicted molar refractivity (Wildman–Crippen MR) is 120 cm³/mol. The summed E-state index contributed by atoms with van der Waals surface area (Å²) in [4.78, 5) is 30.1. The molecular formula is C22H18N4O5S. The second-order valence-electron chi connectivity index (χ2n) is 7.02. The first-order chi connectivity index (χ1) is 15.5. The van der Waals surface area contributed by atoms with Crippen molar-refractivity contribution >= 4 is 34.8 Å². The summed E-state index contributed by atoms with van der Waals surface area (Å²) in [6, 6.07) is 15.4. The highest BCUT2D eigenvalue weighted by Gasteiger charge is 2.15. The highest BCUT2D eigenvalue weighted by Crippen LogP contribution is 2.34. The van der Waals surface area contributed by atoms with Gasteiger partial charge < -0.3 is 24.6 Å². The largest absolute Gasteiger partial charge is 0.454 e. The standard InChI is InChI=1S/C22H18N4O5S/c1-13-8-20-23-15(10-21(27)26(20)31-13)11-32-19-5-3-2-4-16(19)25-22(28)24-14-6-7-17-18(9-14)30-12-29-17/h2-10H,11-12H2,1H3,(H2,24,25,28). The summed E-state index contributed by atoms with van der Waals surface area (Å²) in [6.45, 7) is 1.93. The smallest absolute Gasteiger partial charge is 0.323 e. The van der Waals surface area contributed by atoms with Crippen LogP contribution in [0.25, 0.3) is 5.65 Å². The number of carbonyl (C=O) groups excluding carboxylic acids is 1. The third-order valence-electron chi connectivity index (χ3n) is 4.67. The summed E-state index contributed by atoms with van der Waals surface area (Å²) in [5, 5.41) is 5.65. The van der Waals surface area contributed by atoms with Crippen LogP contribution >= 0.6 is 11.8 Å². The second-order valence-corrected chi connectivity index (χ2v) is 8.03. The Morgan fingerprint density at radius 2 is 1.94 bits per heavy atom. The van der Waals surface area contributed by atoms with E-state index in [-0.39, 0.29) is 18.4 Å². The molecule has 2 amide bonds. The van der Waals surface area contributed by atoms with E-state index in [1.165, 1.54) is 22.4 Å². The van der Waals surface area contributed by atoms with E-state index in [1.54, 1.807) is 31.2 Å². The van der Waals surface area contributed by atoms with Crippen LogP contribution in [0.3, 0.4) is 0 Å². The Hall–Kier alpha value is -3.92. The molecule has 10 heteroatoms. The molecule has 3 heterocycles. The maximum Gasteiger partial charge on any atom is 0.323 e. The number of para-hydroxylation sites is 1. The van der Waals surface area contributed by atoms with Crippen molar-refractivity contribution in [1.82, 2.24) is 9.56 Å². The van der Waals surface area contributed by atoms with Crippen molar-refractivity contribution in [3.05, 3.63) is 76.4 Å². The molecular weight excluding hydrogens is 432 g/mol. The number of amides is 2. The van der Waals surface area contributed by atoms with Crippen LogP contribution in [0.15, 0.2) is 68.8 Å². The van der Waals surface area contributed by atoms with Crippen LogP contribution in [0.1, 0.15) is 11.5 Å². The number of urea groups is 1. The Kier molecular flexibility index (Phi) is 5.20. The van der Waals surface area contributed by atoms with Crippen molar-refractivity contribution in [2.24, 2.45) is 0 Å². The van der Waals surface area contributed by atoms with Crippen molar-refractivity contribution in [1.29, 1.82) is 0 Å². The fourth-order valence-electron chi connectivity index (χ4n) is 3.25. The molecule has 0 aliphatic carbocycles. The zero-order chi connectivity index (χ0) is 22.1. The Balaban J connectivity index is 1.27. The van der Waals surface area contributed by atoms with Gasteiger partial charge in [-0.1, -0.05) is 12.1 Å². The normalized spacial score (nSPS) is 12.2. The molecule has 0 unspecified atom stereocenters. The first-order valence-corrected chi connectivity index (χ1v) is 10.7. The lowest BCUT2D eigenvalue weighted by Crippen LogP contribution is -2.19. The highest BCUT2D eigenvalue weighted by atomic mass is 32.2. The molecule has 1 aliphatic rings. The van der Waals surface area contributed by atoms with Crippen LogP contribution < -0.4 is 25.7 Å². The summed E-state index contributed by atoms with van der Waals surface area (Å²) in [5.74, 6) is 2.31. The zero-order valence-electron chi connectivity index (χ0n) is 17.0. The summed E-state index contributed by atoms with van der Waals surface area (Å²) < 4.78 is 17.1. The van der Waals surface area contributed by atoms with Crippen LogP contribution in [0.4, 0.5) is 16.2 Å². The number of fused-ring (bicyclic) bond motifs is 2. The molecule has 1 aliphatic heterocycles. The molecule has 5 rings (SSSR count). The molecule has 0 atom stereocenters. The predicted octanol–water partition coefficient (Wildman–Crippen LogP) is 4.26. The van der Waals surface area contributed by atoms with Gasteiger partial charge in [-0.05, 0) is 31.2 Å². The minimum atomic E-state index is -0.386. The van der Waals surface area contributed by atoms with Gasteiger partial charge in [0.2, 0.25) is 6.79 Å². The van der Waals surface area contributed by atoms with Crippen molar-refractivity contribution in [2.45, 2.75) is 17.6 Å². The van der Waals surface area contributed by atoms with Crippen LogP contribution in [-0.4, -0.2) is 22.4 Å². The number of ether oxygens (including phenoxy) is 2. The van der Waals surface area contributed by atoms with Gasteiger partial charge in [0.25, 0.3) is 5.56 Å². The lowest BCUT2D eigenvalue weighted by molar-refractivity contribution is 0.174. The summed E-state index contributed by atoms with van der Waals surface area (Å²) in [7, 11) is 0. The van der Waals surface area contributed by atoms with Gasteiger partial charge in [0.1, 0.15) is 5.76 Å². The van der Waals surface area contributed by atoms with Gasteiger partial charge >= 0.3 is 6.03 Å². The van der Waals surface area contributed by atoms with Gasteiger partial charge in [0.15, 0.2) is 17.1 Å². The van der Waals surface area contributed by atoms with Crippen molar-refractivity contribution in [3.63, 3.8) is 0 Å². The minimum Gasteiger partial charge on any atom is -0.454 e. The lowest BCUT2D eigenvalue weighted by atomic mass is 10.3. The van der Waals surface area contributed by atoms with Gasteiger partial charge in [-0.25, -0.2) is 9.78 Å². The molecule has 0 spiro atoms. The molecule has 162 valence electrons. The van der Waals surface area contributed by atoms with Crippen LogP contribution in [-0.2, 0) is 5.75 Å². The molecule has 0 saturated heterocycles. The van der Waals surface area contributed by atoms with Gasteiger partial charge in [0, 0.05) is 34.5 Å². The van der Waals surface area contributed by atoms with Crippen molar-refractivity contribution in [2.75, 3.05) is 17.4 Å². The highest BCUT2D eigenvalue weighted by molar-refractivity contribution is 7.98. The summed E-state index contributed by atoms with van der Waals surface area (Å²) in [6.07, 6.45) is 0. The molecule has 2 N–H and O–H groups in total. The maximum atomic E-state index is 12.5. The number of aromatic nitrogens is 2. The minimum absolute atomic E-state index is 0.171. The molecule has 2 aromatic heterocycles. The van der Waals surface area contributed by atoms with Crippen LogP contribution in [0.2, 0.25) is 0 Å². The number of nitrogens with one attached hydrogen (secondary N) is 2. The number of nitrogens with zero attached hydrogens (tertiary/aromatic N) is 2. The number of anilines is 2. The van der Waals surface area contributed by atoms with Gasteiger partial charge in [-0.3, -0.25) is 4.79 Å². The van der Waals surface area contributed by atoms with E-state index in [1.807, 2.05) is 24.3 Å². The third kappa shape index (κ3) is 4.12. The van der Waals surface area contributed by atoms with E-state index in [4.69, 9.17) is 14.0 Å². The molecule has 2 aromatic carbocycles. The fourth-order valence-corrected chi connectivity index (χ4v) is 4.15. The quantitative estimate of drug-likeness (QED) is 0.438. The van der Waals surface area contributed by atoms with Crippen molar-refractivity contribution < 1.29 is 18.8 Å². The van der Waals surface area contributed by atoms with E-state index >= 15 is 0 Å². The summed E-state index contributed by atoms with van der Waals surface area (Å²) in [5.41, 5.74) is 2.06. The molecule has 0 fully saturated rings. The number of hydrogen-bond acceptors (Lipinski definition) is 7. The number of carbonyl (C=O) groups is 1. The molecule has 0 bridgehead atoms. The van der Waals surface area contributed by atoms with Gasteiger partial charge in [-0.2, -0.15) is 0 Å². The SMILES string of the molecule is Cc1cc2nc(CSc3ccccc3NC(=O)Nc3ccc4c(c3)OCO4)cc(=O)n2o1. The van der Waals surface area contributed by atoms with Gasteiger partial charge in [-0.15, -0.1) is 16.3 Å². The fraction of sp³-hybridized carbons (Fsp3) is 0.136. The van der Waals surface area contributed by atoms with Crippen LogP contribution in [0, 0.1) is 6.92 Å². The molecule has 4 aromatic rings. The number of hydrogen-bond donors (Lipinski definition) is 2. The number of thioether (sulfide) groups is 1.